The van der Waals surface area contributed by atoms with Gasteiger partial charge in [0.25, 0.3) is 5.56 Å². The number of pyridine rings is 1. The maximum Gasteiger partial charge on any atom is 0.266 e. The van der Waals surface area contributed by atoms with E-state index in [4.69, 9.17) is 0 Å². The van der Waals surface area contributed by atoms with E-state index in [1.807, 2.05) is 18.2 Å². The Kier molecular flexibility index (Phi) is 2.48. The first-order valence-electron chi connectivity index (χ1n) is 7.59. The minimum atomic E-state index is 0.00313. The van der Waals surface area contributed by atoms with E-state index in [1.54, 1.807) is 11.3 Å². The third-order valence-corrected chi connectivity index (χ3v) is 5.79. The van der Waals surface area contributed by atoms with Crippen molar-refractivity contribution >= 4 is 53.2 Å². The van der Waals surface area contributed by atoms with Crippen molar-refractivity contribution in [3.05, 3.63) is 70.5 Å². The Hall–Kier alpha value is -2.65. The van der Waals surface area contributed by atoms with E-state index in [9.17, 15) is 4.79 Å². The zero-order chi connectivity index (χ0) is 15.6. The molecule has 2 aromatic heterocycles. The fourth-order valence-electron chi connectivity index (χ4n) is 3.52. The molecule has 5 rings (SSSR count). The number of rotatable bonds is 0. The van der Waals surface area contributed by atoms with Gasteiger partial charge in [-0.2, -0.15) is 0 Å². The first-order valence-corrected chi connectivity index (χ1v) is 8.41. The van der Waals surface area contributed by atoms with Gasteiger partial charge in [-0.15, -0.1) is 11.3 Å². The topological polar surface area (TPSA) is 32.9 Å². The highest BCUT2D eigenvalue weighted by atomic mass is 32.1. The summed E-state index contributed by atoms with van der Waals surface area (Å²) in [6, 6.07) is 18.7. The van der Waals surface area contributed by atoms with Gasteiger partial charge in [-0.3, -0.25) is 4.79 Å². The van der Waals surface area contributed by atoms with Gasteiger partial charge in [0.15, 0.2) is 0 Å². The quantitative estimate of drug-likeness (QED) is 0.410. The van der Waals surface area contributed by atoms with E-state index in [2.05, 4.69) is 48.3 Å². The number of nitrogens with one attached hydrogen (secondary N) is 1. The molecule has 0 saturated carbocycles. The van der Waals surface area contributed by atoms with Gasteiger partial charge in [0.1, 0.15) is 4.70 Å². The molecule has 2 heterocycles. The summed E-state index contributed by atoms with van der Waals surface area (Å²) < 4.78 is 2.01. The van der Waals surface area contributed by atoms with Crippen molar-refractivity contribution in [3.8, 4) is 0 Å². The standard InChI is InChI=1S/C20H13NOS/c1-11-5-4-8-15-16(11)17-14-10-9-12-6-2-3-7-13(12)18(14)23-19(17)20(22)21-15/h2-10H,1H3,(H,21,22). The van der Waals surface area contributed by atoms with E-state index < -0.39 is 0 Å². The van der Waals surface area contributed by atoms with Crippen LogP contribution in [0.4, 0.5) is 0 Å². The summed E-state index contributed by atoms with van der Waals surface area (Å²) >= 11 is 1.60. The Balaban J connectivity index is 2.18. The van der Waals surface area contributed by atoms with Gasteiger partial charge < -0.3 is 4.98 Å². The second-order valence-corrected chi connectivity index (χ2v) is 6.94. The number of benzene rings is 3. The summed E-state index contributed by atoms with van der Waals surface area (Å²) in [7, 11) is 0. The van der Waals surface area contributed by atoms with E-state index in [0.29, 0.717) is 0 Å². The highest BCUT2D eigenvalue weighted by Crippen LogP contribution is 2.40. The number of fused-ring (bicyclic) bond motifs is 7. The van der Waals surface area contributed by atoms with Gasteiger partial charge in [-0.1, -0.05) is 48.5 Å². The lowest BCUT2D eigenvalue weighted by Crippen LogP contribution is -2.04. The van der Waals surface area contributed by atoms with E-state index in [0.717, 1.165) is 21.0 Å². The van der Waals surface area contributed by atoms with Crippen LogP contribution < -0.4 is 5.56 Å². The molecule has 110 valence electrons. The van der Waals surface area contributed by atoms with E-state index >= 15 is 0 Å². The molecule has 0 aliphatic carbocycles. The van der Waals surface area contributed by atoms with Crippen LogP contribution in [0.25, 0.3) is 41.8 Å². The monoisotopic (exact) mass is 315 g/mol. The van der Waals surface area contributed by atoms with Crippen LogP contribution in [0.2, 0.25) is 0 Å². The Morgan fingerprint density at radius 3 is 2.61 bits per heavy atom. The molecule has 2 nitrogen and oxygen atoms in total. The van der Waals surface area contributed by atoms with Crippen LogP contribution in [-0.4, -0.2) is 4.98 Å². The van der Waals surface area contributed by atoms with Crippen molar-refractivity contribution in [2.75, 3.05) is 0 Å². The Bertz CT molecular complexity index is 1290. The molecule has 0 saturated heterocycles. The summed E-state index contributed by atoms with van der Waals surface area (Å²) in [5, 5.41) is 5.85. The lowest BCUT2D eigenvalue weighted by molar-refractivity contribution is 1.35. The Morgan fingerprint density at radius 2 is 1.70 bits per heavy atom. The molecule has 0 radical (unpaired) electrons. The molecule has 0 fully saturated rings. The largest absolute Gasteiger partial charge is 0.321 e. The Morgan fingerprint density at radius 1 is 0.826 bits per heavy atom. The van der Waals surface area contributed by atoms with Gasteiger partial charge in [0.2, 0.25) is 0 Å². The highest BCUT2D eigenvalue weighted by Gasteiger charge is 2.15. The number of thiophene rings is 1. The predicted molar refractivity (Wildman–Crippen MR) is 99.7 cm³/mol. The number of aryl methyl sites for hydroxylation is 1. The number of aromatic amines is 1. The van der Waals surface area contributed by atoms with Crippen LogP contribution in [-0.2, 0) is 0 Å². The molecule has 0 bridgehead atoms. The second-order valence-electron chi connectivity index (χ2n) is 5.92. The first-order chi connectivity index (χ1) is 11.2. The van der Waals surface area contributed by atoms with Crippen molar-refractivity contribution in [1.82, 2.24) is 4.98 Å². The molecule has 0 unspecified atom stereocenters. The molecule has 3 heteroatoms. The van der Waals surface area contributed by atoms with Crippen LogP contribution in [0.1, 0.15) is 5.56 Å². The Labute approximate surface area is 136 Å². The molecule has 23 heavy (non-hydrogen) atoms. The van der Waals surface area contributed by atoms with Crippen LogP contribution >= 0.6 is 11.3 Å². The lowest BCUT2D eigenvalue weighted by atomic mass is 10.0. The second kappa shape index (κ2) is 4.43. The molecule has 0 amide bonds. The molecule has 0 spiro atoms. The smallest absolute Gasteiger partial charge is 0.266 e. The summed E-state index contributed by atoms with van der Waals surface area (Å²) in [5.41, 5.74) is 2.11. The molecule has 3 aromatic carbocycles. The van der Waals surface area contributed by atoms with Gasteiger partial charge >= 0.3 is 0 Å². The minimum Gasteiger partial charge on any atom is -0.321 e. The molecule has 0 atom stereocenters. The van der Waals surface area contributed by atoms with Gasteiger partial charge in [-0.05, 0) is 29.3 Å². The van der Waals surface area contributed by atoms with Crippen molar-refractivity contribution in [3.63, 3.8) is 0 Å². The first kappa shape index (κ1) is 12.9. The van der Waals surface area contributed by atoms with Crippen LogP contribution in [0.5, 0.6) is 0 Å². The third-order valence-electron chi connectivity index (χ3n) is 4.56. The van der Waals surface area contributed by atoms with Crippen LogP contribution in [0.15, 0.2) is 59.4 Å². The van der Waals surface area contributed by atoms with Crippen molar-refractivity contribution in [2.45, 2.75) is 6.92 Å². The van der Waals surface area contributed by atoms with Crippen molar-refractivity contribution in [2.24, 2.45) is 0 Å². The number of H-pyrrole nitrogens is 1. The summed E-state index contributed by atoms with van der Waals surface area (Å²) in [5.74, 6) is 0. The van der Waals surface area contributed by atoms with E-state index in [1.165, 1.54) is 26.4 Å². The maximum absolute atomic E-state index is 12.6. The van der Waals surface area contributed by atoms with E-state index in [-0.39, 0.29) is 5.56 Å². The lowest BCUT2D eigenvalue weighted by Gasteiger charge is -2.04. The summed E-state index contributed by atoms with van der Waals surface area (Å²) in [6.45, 7) is 2.10. The van der Waals surface area contributed by atoms with Gasteiger partial charge in [0, 0.05) is 26.4 Å². The predicted octanol–water partition coefficient (Wildman–Crippen LogP) is 5.36. The summed E-state index contributed by atoms with van der Waals surface area (Å²) in [6.07, 6.45) is 0. The highest BCUT2D eigenvalue weighted by molar-refractivity contribution is 7.26. The maximum atomic E-state index is 12.6. The molecule has 5 aromatic rings. The van der Waals surface area contributed by atoms with Gasteiger partial charge in [-0.25, -0.2) is 0 Å². The number of hydrogen-bond donors (Lipinski definition) is 1. The van der Waals surface area contributed by atoms with Crippen molar-refractivity contribution in [1.29, 1.82) is 0 Å². The minimum absolute atomic E-state index is 0.00313. The summed E-state index contributed by atoms with van der Waals surface area (Å²) in [4.78, 5) is 15.6. The normalized spacial score (nSPS) is 11.9. The molecular weight excluding hydrogens is 302 g/mol. The third kappa shape index (κ3) is 1.65. The van der Waals surface area contributed by atoms with Crippen LogP contribution in [0.3, 0.4) is 0 Å². The number of hydrogen-bond acceptors (Lipinski definition) is 2. The average Bonchev–Trinajstić information content (AvgIpc) is 2.96. The number of aromatic nitrogens is 1. The molecular formula is C20H13NOS. The fourth-order valence-corrected chi connectivity index (χ4v) is 4.75. The zero-order valence-corrected chi connectivity index (χ0v) is 13.3. The molecule has 1 N–H and O–H groups in total. The SMILES string of the molecule is Cc1cccc2[nH]c(=O)c3sc4c5ccccc5ccc4c3c12. The van der Waals surface area contributed by atoms with Crippen molar-refractivity contribution < 1.29 is 0 Å². The van der Waals surface area contributed by atoms with Gasteiger partial charge in [0.05, 0.1) is 0 Å². The van der Waals surface area contributed by atoms with Crippen LogP contribution in [0, 0.1) is 6.92 Å². The molecule has 0 aliphatic heterocycles. The average molecular weight is 315 g/mol. The zero-order valence-electron chi connectivity index (χ0n) is 12.5. The molecule has 0 aliphatic rings. The fraction of sp³-hybridized carbons (Fsp3) is 0.0500.